The van der Waals surface area contributed by atoms with Crippen molar-refractivity contribution in [2.75, 3.05) is 6.61 Å². The number of nitrogens with one attached hydrogen (secondary N) is 2. The SMILES string of the molecule is CC(C)c1cc(C(=O)NC23CCC(NC(=O)COc4ccc(Cl)c(F)c4)(CC2)C(C)C3)on1. The van der Waals surface area contributed by atoms with Crippen molar-refractivity contribution in [3.8, 4) is 5.75 Å². The van der Waals surface area contributed by atoms with Crippen molar-refractivity contribution in [1.82, 2.24) is 15.8 Å². The van der Waals surface area contributed by atoms with E-state index in [0.29, 0.717) is 0 Å². The number of amides is 2. The molecule has 1 heterocycles. The largest absolute Gasteiger partial charge is 0.484 e. The number of aromatic nitrogens is 1. The average Bonchev–Trinajstić information content (AvgIpc) is 3.27. The minimum atomic E-state index is -0.592. The molecule has 2 amide bonds. The van der Waals surface area contributed by atoms with Crippen LogP contribution in [0.15, 0.2) is 28.8 Å². The average molecular weight is 478 g/mol. The van der Waals surface area contributed by atoms with E-state index < -0.39 is 5.82 Å². The molecule has 1 unspecified atom stereocenters. The fourth-order valence-electron chi connectivity index (χ4n) is 5.08. The number of halogens is 2. The van der Waals surface area contributed by atoms with Crippen LogP contribution in [0.1, 0.15) is 75.0 Å². The summed E-state index contributed by atoms with van der Waals surface area (Å²) in [6.07, 6.45) is 3.79. The number of hydrogen-bond donors (Lipinski definition) is 2. The second kappa shape index (κ2) is 8.97. The van der Waals surface area contributed by atoms with Crippen LogP contribution >= 0.6 is 11.6 Å². The highest BCUT2D eigenvalue weighted by Crippen LogP contribution is 2.50. The zero-order chi connectivity index (χ0) is 23.8. The number of ether oxygens (including phenoxy) is 1. The highest BCUT2D eigenvalue weighted by atomic mass is 35.5. The zero-order valence-electron chi connectivity index (χ0n) is 19.0. The first-order chi connectivity index (χ1) is 15.6. The van der Waals surface area contributed by atoms with Crippen molar-refractivity contribution >= 4 is 23.4 Å². The highest BCUT2D eigenvalue weighted by molar-refractivity contribution is 6.30. The smallest absolute Gasteiger partial charge is 0.290 e. The quantitative estimate of drug-likeness (QED) is 0.607. The van der Waals surface area contributed by atoms with Gasteiger partial charge in [-0.05, 0) is 56.1 Å². The Kier molecular flexibility index (Phi) is 6.40. The summed E-state index contributed by atoms with van der Waals surface area (Å²) >= 11 is 5.68. The molecule has 2 bridgehead atoms. The Balaban J connectivity index is 1.34. The lowest BCUT2D eigenvalue weighted by molar-refractivity contribution is -0.128. The Bertz CT molecular complexity index is 1050. The molecule has 33 heavy (non-hydrogen) atoms. The minimum Gasteiger partial charge on any atom is -0.484 e. The van der Waals surface area contributed by atoms with Crippen molar-refractivity contribution in [3.05, 3.63) is 46.6 Å². The molecule has 3 aliphatic carbocycles. The number of fused-ring (bicyclic) bond motifs is 3. The van der Waals surface area contributed by atoms with Crippen LogP contribution in [0, 0.1) is 11.7 Å². The third-order valence-corrected chi connectivity index (χ3v) is 7.42. The van der Waals surface area contributed by atoms with Crippen molar-refractivity contribution in [1.29, 1.82) is 0 Å². The summed E-state index contributed by atoms with van der Waals surface area (Å²) in [5.41, 5.74) is 0.101. The van der Waals surface area contributed by atoms with Crippen LogP contribution in [0.25, 0.3) is 0 Å². The van der Waals surface area contributed by atoms with Crippen molar-refractivity contribution in [2.24, 2.45) is 5.92 Å². The van der Waals surface area contributed by atoms with E-state index in [1.54, 1.807) is 6.07 Å². The Hall–Kier alpha value is -2.61. The third-order valence-electron chi connectivity index (χ3n) is 7.11. The van der Waals surface area contributed by atoms with E-state index in [2.05, 4.69) is 22.7 Å². The topological polar surface area (TPSA) is 93.5 Å². The molecule has 2 N–H and O–H groups in total. The van der Waals surface area contributed by atoms with Crippen molar-refractivity contribution in [2.45, 2.75) is 69.9 Å². The van der Waals surface area contributed by atoms with Crippen LogP contribution in [0.2, 0.25) is 5.02 Å². The fraction of sp³-hybridized carbons (Fsp3) is 0.542. The van der Waals surface area contributed by atoms with Gasteiger partial charge >= 0.3 is 0 Å². The first-order valence-corrected chi connectivity index (χ1v) is 11.7. The maximum Gasteiger partial charge on any atom is 0.290 e. The molecule has 178 valence electrons. The van der Waals surface area contributed by atoms with Gasteiger partial charge in [0.1, 0.15) is 11.6 Å². The van der Waals surface area contributed by atoms with Crippen LogP contribution < -0.4 is 15.4 Å². The molecule has 0 aliphatic heterocycles. The van der Waals surface area contributed by atoms with Crippen LogP contribution in [0.5, 0.6) is 5.75 Å². The summed E-state index contributed by atoms with van der Waals surface area (Å²) in [7, 11) is 0. The Morgan fingerprint density at radius 1 is 1.24 bits per heavy atom. The van der Waals surface area contributed by atoms with E-state index in [4.69, 9.17) is 20.9 Å². The summed E-state index contributed by atoms with van der Waals surface area (Å²) in [4.78, 5) is 25.4. The first kappa shape index (κ1) is 23.5. The number of carbonyl (C=O) groups is 2. The van der Waals surface area contributed by atoms with Gasteiger partial charge in [0, 0.05) is 23.2 Å². The summed E-state index contributed by atoms with van der Waals surface area (Å²) in [5.74, 6) is -0.262. The van der Waals surface area contributed by atoms with Gasteiger partial charge in [-0.2, -0.15) is 0 Å². The van der Waals surface area contributed by atoms with Crippen molar-refractivity contribution in [3.63, 3.8) is 0 Å². The predicted molar refractivity (Wildman–Crippen MR) is 121 cm³/mol. The maximum absolute atomic E-state index is 13.6. The molecule has 5 rings (SSSR count). The monoisotopic (exact) mass is 477 g/mol. The van der Waals surface area contributed by atoms with E-state index in [-0.39, 0.29) is 57.9 Å². The van der Waals surface area contributed by atoms with Gasteiger partial charge in [0.15, 0.2) is 6.61 Å². The zero-order valence-corrected chi connectivity index (χ0v) is 19.8. The Labute approximate surface area is 197 Å². The Morgan fingerprint density at radius 3 is 2.58 bits per heavy atom. The molecule has 0 radical (unpaired) electrons. The number of hydrogen-bond acceptors (Lipinski definition) is 5. The molecule has 7 nitrogen and oxygen atoms in total. The van der Waals surface area contributed by atoms with Gasteiger partial charge in [-0.3, -0.25) is 9.59 Å². The lowest BCUT2D eigenvalue weighted by Crippen LogP contribution is -2.67. The van der Waals surface area contributed by atoms with Gasteiger partial charge in [0.25, 0.3) is 11.8 Å². The lowest BCUT2D eigenvalue weighted by atomic mass is 9.56. The van der Waals surface area contributed by atoms with Gasteiger partial charge in [0.05, 0.1) is 10.7 Å². The second-order valence-corrected chi connectivity index (χ2v) is 10.1. The molecular formula is C24H29ClFN3O4. The van der Waals surface area contributed by atoms with E-state index in [1.165, 1.54) is 12.1 Å². The van der Waals surface area contributed by atoms with Gasteiger partial charge in [-0.1, -0.05) is 37.5 Å². The second-order valence-electron chi connectivity index (χ2n) is 9.68. The van der Waals surface area contributed by atoms with Crippen LogP contribution in [0.3, 0.4) is 0 Å². The third kappa shape index (κ3) is 4.86. The Morgan fingerprint density at radius 2 is 1.97 bits per heavy atom. The molecular weight excluding hydrogens is 449 g/mol. The van der Waals surface area contributed by atoms with Gasteiger partial charge < -0.3 is 19.9 Å². The van der Waals surface area contributed by atoms with E-state index in [9.17, 15) is 14.0 Å². The molecule has 1 atom stereocenters. The minimum absolute atomic E-state index is 0.00294. The molecule has 0 saturated heterocycles. The molecule has 3 saturated carbocycles. The van der Waals surface area contributed by atoms with Gasteiger partial charge in [-0.25, -0.2) is 4.39 Å². The predicted octanol–water partition coefficient (Wildman–Crippen LogP) is 4.61. The van der Waals surface area contributed by atoms with E-state index in [0.717, 1.165) is 43.9 Å². The summed E-state index contributed by atoms with van der Waals surface area (Å²) in [5, 5.41) is 10.3. The molecule has 1 aromatic heterocycles. The van der Waals surface area contributed by atoms with Crippen LogP contribution in [-0.4, -0.2) is 34.7 Å². The van der Waals surface area contributed by atoms with E-state index in [1.807, 2.05) is 13.8 Å². The number of nitrogens with zero attached hydrogens (tertiary/aromatic N) is 1. The highest BCUT2D eigenvalue weighted by Gasteiger charge is 2.54. The van der Waals surface area contributed by atoms with Gasteiger partial charge in [-0.15, -0.1) is 0 Å². The summed E-state index contributed by atoms with van der Waals surface area (Å²) in [6, 6.07) is 5.77. The number of rotatable bonds is 7. The summed E-state index contributed by atoms with van der Waals surface area (Å²) in [6.45, 7) is 5.88. The molecule has 3 fully saturated rings. The lowest BCUT2D eigenvalue weighted by Gasteiger charge is -2.57. The normalized spacial score (nSPS) is 26.3. The standard InChI is InChI=1S/C24H29ClFN3O4/c1-14(2)19-11-20(33-29-19)22(31)28-23-6-8-24(9-7-23,15(3)12-23)27-21(30)13-32-16-4-5-17(25)18(26)10-16/h4-5,10-11,14-15H,6-9,12-13H2,1-3H3,(H,27,30)(H,28,31). The molecule has 0 spiro atoms. The molecule has 3 aliphatic rings. The van der Waals surface area contributed by atoms with Crippen molar-refractivity contribution < 1.29 is 23.2 Å². The fourth-order valence-corrected chi connectivity index (χ4v) is 5.19. The number of benzene rings is 1. The van der Waals surface area contributed by atoms with Crippen LogP contribution in [-0.2, 0) is 4.79 Å². The molecule has 1 aromatic carbocycles. The summed E-state index contributed by atoms with van der Waals surface area (Å²) < 4.78 is 24.3. The van der Waals surface area contributed by atoms with Gasteiger partial charge in [0.2, 0.25) is 5.76 Å². The maximum atomic E-state index is 13.6. The number of carbonyl (C=O) groups excluding carboxylic acids is 2. The van der Waals surface area contributed by atoms with Crippen LogP contribution in [0.4, 0.5) is 4.39 Å². The van der Waals surface area contributed by atoms with E-state index >= 15 is 0 Å². The molecule has 9 heteroatoms. The first-order valence-electron chi connectivity index (χ1n) is 11.3. The molecule has 2 aromatic rings.